The molecule has 1 N–H and O–H groups in total. The van der Waals surface area contributed by atoms with Crippen molar-refractivity contribution in [3.8, 4) is 0 Å². The molecule has 2 heterocycles. The monoisotopic (exact) mass is 401 g/mol. The SMILES string of the molecule is CCCCN(C(=O)CCNC(=O)c1ccsc1)c1nc2ccc(C)cc2s1. The zero-order chi connectivity index (χ0) is 19.2. The van der Waals surface area contributed by atoms with Crippen LogP contribution in [0.3, 0.4) is 0 Å². The van der Waals surface area contributed by atoms with Crippen molar-refractivity contribution in [2.24, 2.45) is 0 Å². The third kappa shape index (κ3) is 4.93. The fourth-order valence-electron chi connectivity index (χ4n) is 2.69. The maximum atomic E-state index is 12.8. The lowest BCUT2D eigenvalue weighted by atomic mass is 10.2. The zero-order valence-electron chi connectivity index (χ0n) is 15.5. The largest absolute Gasteiger partial charge is 0.351 e. The number of thiophene rings is 1. The standard InChI is InChI=1S/C20H23N3O2S2/c1-3-4-10-23(20-22-16-6-5-14(2)12-17(16)27-20)18(24)7-9-21-19(25)15-8-11-26-13-15/h5-6,8,11-13H,3-4,7,9-10H2,1-2H3,(H,21,25). The molecule has 0 fully saturated rings. The summed E-state index contributed by atoms with van der Waals surface area (Å²) in [6, 6.07) is 7.90. The van der Waals surface area contributed by atoms with E-state index < -0.39 is 0 Å². The van der Waals surface area contributed by atoms with E-state index in [-0.39, 0.29) is 18.2 Å². The van der Waals surface area contributed by atoms with E-state index in [0.29, 0.717) is 18.7 Å². The molecule has 0 saturated heterocycles. The molecule has 0 saturated carbocycles. The predicted molar refractivity (Wildman–Crippen MR) is 113 cm³/mol. The minimum absolute atomic E-state index is 0.00940. The summed E-state index contributed by atoms with van der Waals surface area (Å²) < 4.78 is 1.09. The molecule has 3 rings (SSSR count). The molecule has 0 aliphatic heterocycles. The zero-order valence-corrected chi connectivity index (χ0v) is 17.2. The Morgan fingerprint density at radius 3 is 2.85 bits per heavy atom. The summed E-state index contributed by atoms with van der Waals surface area (Å²) in [7, 11) is 0. The predicted octanol–water partition coefficient (Wildman–Crippen LogP) is 4.62. The van der Waals surface area contributed by atoms with Gasteiger partial charge in [-0.1, -0.05) is 30.7 Å². The number of amides is 2. The Balaban J connectivity index is 1.67. The van der Waals surface area contributed by atoms with Crippen molar-refractivity contribution in [1.29, 1.82) is 0 Å². The van der Waals surface area contributed by atoms with E-state index in [1.54, 1.807) is 27.7 Å². The molecule has 27 heavy (non-hydrogen) atoms. The molecule has 7 heteroatoms. The second kappa shape index (κ2) is 9.10. The summed E-state index contributed by atoms with van der Waals surface area (Å²) in [5, 5.41) is 7.21. The van der Waals surface area contributed by atoms with E-state index in [1.165, 1.54) is 16.9 Å². The van der Waals surface area contributed by atoms with E-state index in [0.717, 1.165) is 28.2 Å². The Bertz CT molecular complexity index is 919. The van der Waals surface area contributed by atoms with Crippen molar-refractivity contribution in [2.75, 3.05) is 18.0 Å². The molecule has 0 aliphatic rings. The van der Waals surface area contributed by atoms with Gasteiger partial charge in [-0.15, -0.1) is 0 Å². The van der Waals surface area contributed by atoms with Crippen molar-refractivity contribution in [3.05, 3.63) is 46.2 Å². The maximum Gasteiger partial charge on any atom is 0.252 e. The van der Waals surface area contributed by atoms with Crippen LogP contribution in [0.1, 0.15) is 42.1 Å². The molecular formula is C20H23N3O2S2. The van der Waals surface area contributed by atoms with Crippen molar-refractivity contribution in [3.63, 3.8) is 0 Å². The van der Waals surface area contributed by atoms with Crippen molar-refractivity contribution < 1.29 is 9.59 Å². The van der Waals surface area contributed by atoms with E-state index in [9.17, 15) is 9.59 Å². The van der Waals surface area contributed by atoms with Crippen LogP contribution < -0.4 is 10.2 Å². The Morgan fingerprint density at radius 1 is 1.26 bits per heavy atom. The summed E-state index contributed by atoms with van der Waals surface area (Å²) in [5.74, 6) is -0.149. The van der Waals surface area contributed by atoms with Gasteiger partial charge in [0.05, 0.1) is 10.2 Å². The van der Waals surface area contributed by atoms with Gasteiger partial charge >= 0.3 is 0 Å². The lowest BCUT2D eigenvalue weighted by Gasteiger charge is -2.19. The van der Waals surface area contributed by atoms with Gasteiger partial charge in [-0.05, 0) is 42.5 Å². The van der Waals surface area contributed by atoms with Crippen molar-refractivity contribution >= 4 is 49.8 Å². The van der Waals surface area contributed by atoms with Gasteiger partial charge in [-0.25, -0.2) is 4.98 Å². The van der Waals surface area contributed by atoms with E-state index >= 15 is 0 Å². The van der Waals surface area contributed by atoms with Gasteiger partial charge in [0.25, 0.3) is 5.91 Å². The van der Waals surface area contributed by atoms with E-state index in [4.69, 9.17) is 0 Å². The number of rotatable bonds is 8. The topological polar surface area (TPSA) is 62.3 Å². The summed E-state index contributed by atoms with van der Waals surface area (Å²) >= 11 is 3.02. The van der Waals surface area contributed by atoms with Crippen LogP contribution in [0.25, 0.3) is 10.2 Å². The number of carbonyl (C=O) groups is 2. The number of nitrogens with one attached hydrogen (secondary N) is 1. The molecule has 0 spiro atoms. The van der Waals surface area contributed by atoms with Crippen molar-refractivity contribution in [2.45, 2.75) is 33.1 Å². The summed E-state index contributed by atoms with van der Waals surface area (Å²) in [5.41, 5.74) is 2.73. The molecule has 142 valence electrons. The summed E-state index contributed by atoms with van der Waals surface area (Å²) in [4.78, 5) is 31.2. The lowest BCUT2D eigenvalue weighted by Crippen LogP contribution is -2.35. The number of aryl methyl sites for hydroxylation is 1. The van der Waals surface area contributed by atoms with Gasteiger partial charge in [0.1, 0.15) is 0 Å². The second-order valence-corrected chi connectivity index (χ2v) is 8.17. The highest BCUT2D eigenvalue weighted by Crippen LogP contribution is 2.30. The molecule has 1 aromatic carbocycles. The average Bonchev–Trinajstić information content (AvgIpc) is 3.31. The number of hydrogen-bond acceptors (Lipinski definition) is 5. The van der Waals surface area contributed by atoms with Gasteiger partial charge in [-0.2, -0.15) is 11.3 Å². The molecule has 0 unspecified atom stereocenters. The summed E-state index contributed by atoms with van der Waals surface area (Å²) in [6.07, 6.45) is 2.18. The van der Waals surface area contributed by atoms with Crippen LogP contribution in [0.2, 0.25) is 0 Å². The third-order valence-electron chi connectivity index (χ3n) is 4.21. The quantitative estimate of drug-likeness (QED) is 0.599. The van der Waals surface area contributed by atoms with E-state index in [1.807, 2.05) is 17.5 Å². The van der Waals surface area contributed by atoms with Crippen LogP contribution in [-0.4, -0.2) is 29.9 Å². The number of nitrogens with zero attached hydrogens (tertiary/aromatic N) is 2. The fraction of sp³-hybridized carbons (Fsp3) is 0.350. The van der Waals surface area contributed by atoms with Crippen LogP contribution >= 0.6 is 22.7 Å². The van der Waals surface area contributed by atoms with Gasteiger partial charge in [0.15, 0.2) is 5.13 Å². The first-order valence-electron chi connectivity index (χ1n) is 9.06. The fourth-order valence-corrected chi connectivity index (χ4v) is 4.44. The number of thiazole rings is 1. The van der Waals surface area contributed by atoms with Gasteiger partial charge in [0, 0.05) is 30.5 Å². The number of benzene rings is 1. The minimum atomic E-state index is -0.139. The van der Waals surface area contributed by atoms with E-state index in [2.05, 4.69) is 30.2 Å². The van der Waals surface area contributed by atoms with Crippen LogP contribution in [0.5, 0.6) is 0 Å². The highest BCUT2D eigenvalue weighted by molar-refractivity contribution is 7.22. The van der Waals surface area contributed by atoms with Crippen LogP contribution in [0, 0.1) is 6.92 Å². The molecular weight excluding hydrogens is 378 g/mol. The molecule has 0 atom stereocenters. The number of carbonyl (C=O) groups excluding carboxylic acids is 2. The van der Waals surface area contributed by atoms with Crippen molar-refractivity contribution in [1.82, 2.24) is 10.3 Å². The number of anilines is 1. The van der Waals surface area contributed by atoms with Gasteiger partial charge in [-0.3, -0.25) is 14.5 Å². The lowest BCUT2D eigenvalue weighted by molar-refractivity contribution is -0.118. The van der Waals surface area contributed by atoms with Gasteiger partial charge < -0.3 is 5.32 Å². The first-order chi connectivity index (χ1) is 13.1. The highest BCUT2D eigenvalue weighted by Gasteiger charge is 2.19. The second-order valence-electron chi connectivity index (χ2n) is 6.38. The first kappa shape index (κ1) is 19.5. The Kier molecular flexibility index (Phi) is 6.58. The number of fused-ring (bicyclic) bond motifs is 1. The Morgan fingerprint density at radius 2 is 2.11 bits per heavy atom. The number of hydrogen-bond donors (Lipinski definition) is 1. The van der Waals surface area contributed by atoms with Crippen LogP contribution in [0.15, 0.2) is 35.0 Å². The maximum absolute atomic E-state index is 12.8. The molecule has 2 aromatic heterocycles. The number of aromatic nitrogens is 1. The molecule has 0 aliphatic carbocycles. The van der Waals surface area contributed by atoms with Gasteiger partial charge in [0.2, 0.25) is 5.91 Å². The highest BCUT2D eigenvalue weighted by atomic mass is 32.1. The Hall–Kier alpha value is -2.25. The molecule has 0 radical (unpaired) electrons. The average molecular weight is 402 g/mol. The normalized spacial score (nSPS) is 10.9. The molecule has 0 bridgehead atoms. The molecule has 2 amide bonds. The smallest absolute Gasteiger partial charge is 0.252 e. The first-order valence-corrected chi connectivity index (χ1v) is 10.8. The molecule has 5 nitrogen and oxygen atoms in total. The number of unbranched alkanes of at least 4 members (excludes halogenated alkanes) is 1. The molecule has 3 aromatic rings. The third-order valence-corrected chi connectivity index (χ3v) is 5.93. The minimum Gasteiger partial charge on any atom is -0.351 e. The summed E-state index contributed by atoms with van der Waals surface area (Å²) in [6.45, 7) is 5.12. The van der Waals surface area contributed by atoms with Crippen LogP contribution in [-0.2, 0) is 4.79 Å². The Labute approximate surface area is 167 Å². The van der Waals surface area contributed by atoms with Crippen LogP contribution in [0.4, 0.5) is 5.13 Å².